The van der Waals surface area contributed by atoms with Gasteiger partial charge in [0.25, 0.3) is 0 Å². The zero-order chi connectivity index (χ0) is 11.5. The van der Waals surface area contributed by atoms with E-state index in [4.69, 9.17) is 0 Å². The van der Waals surface area contributed by atoms with Crippen LogP contribution in [0.15, 0.2) is 6.07 Å². The van der Waals surface area contributed by atoms with Crippen LogP contribution in [-0.4, -0.2) is 10.6 Å². The largest absolute Gasteiger partial charge is 0.352 e. The number of nitrogens with zero attached hydrogens (tertiary/aromatic N) is 1. The first-order valence-electron chi connectivity index (χ1n) is 6.53. The molecule has 1 aliphatic rings. The SMILES string of the molecule is Cc1cc(CNC2CCCCC2)c(C)n1C. The molecule has 0 aliphatic heterocycles. The van der Waals surface area contributed by atoms with Crippen LogP contribution in [0.5, 0.6) is 0 Å². The molecule has 2 rings (SSSR count). The van der Waals surface area contributed by atoms with E-state index in [9.17, 15) is 0 Å². The first kappa shape index (κ1) is 11.7. The van der Waals surface area contributed by atoms with Gasteiger partial charge in [-0.2, -0.15) is 0 Å². The van der Waals surface area contributed by atoms with E-state index in [-0.39, 0.29) is 0 Å². The molecule has 0 unspecified atom stereocenters. The van der Waals surface area contributed by atoms with Gasteiger partial charge in [-0.05, 0) is 38.3 Å². The Hall–Kier alpha value is -0.760. The molecule has 1 fully saturated rings. The summed E-state index contributed by atoms with van der Waals surface area (Å²) < 4.78 is 2.28. The van der Waals surface area contributed by atoms with Crippen LogP contribution in [0.1, 0.15) is 49.1 Å². The minimum absolute atomic E-state index is 0.758. The molecule has 0 aromatic carbocycles. The smallest absolute Gasteiger partial charge is 0.0225 e. The molecular formula is C14H24N2. The van der Waals surface area contributed by atoms with Gasteiger partial charge < -0.3 is 9.88 Å². The average Bonchev–Trinajstić information content (AvgIpc) is 2.56. The zero-order valence-electron chi connectivity index (χ0n) is 10.8. The Morgan fingerprint density at radius 3 is 2.50 bits per heavy atom. The second-order valence-corrected chi connectivity index (χ2v) is 5.17. The summed E-state index contributed by atoms with van der Waals surface area (Å²) in [7, 11) is 2.15. The maximum absolute atomic E-state index is 3.71. The summed E-state index contributed by atoms with van der Waals surface area (Å²) in [6.45, 7) is 5.43. The lowest BCUT2D eigenvalue weighted by atomic mass is 9.95. The van der Waals surface area contributed by atoms with Gasteiger partial charge >= 0.3 is 0 Å². The van der Waals surface area contributed by atoms with Gasteiger partial charge in [0.1, 0.15) is 0 Å². The topological polar surface area (TPSA) is 17.0 Å². The second kappa shape index (κ2) is 5.05. The second-order valence-electron chi connectivity index (χ2n) is 5.17. The fourth-order valence-electron chi connectivity index (χ4n) is 2.67. The monoisotopic (exact) mass is 220 g/mol. The lowest BCUT2D eigenvalue weighted by molar-refractivity contribution is 0.372. The van der Waals surface area contributed by atoms with Crippen molar-refractivity contribution in [2.75, 3.05) is 0 Å². The van der Waals surface area contributed by atoms with Crippen molar-refractivity contribution < 1.29 is 0 Å². The summed E-state index contributed by atoms with van der Waals surface area (Å²) in [5.41, 5.74) is 4.23. The van der Waals surface area contributed by atoms with Gasteiger partial charge in [0, 0.05) is 31.0 Å². The van der Waals surface area contributed by atoms with Crippen molar-refractivity contribution in [2.45, 2.75) is 58.5 Å². The van der Waals surface area contributed by atoms with Crippen molar-refractivity contribution in [3.8, 4) is 0 Å². The molecule has 1 aromatic rings. The molecule has 16 heavy (non-hydrogen) atoms. The summed E-state index contributed by atoms with van der Waals surface area (Å²) in [5.74, 6) is 0. The van der Waals surface area contributed by atoms with E-state index in [0.29, 0.717) is 0 Å². The number of hydrogen-bond donors (Lipinski definition) is 1. The predicted molar refractivity (Wildman–Crippen MR) is 68.6 cm³/mol. The van der Waals surface area contributed by atoms with Gasteiger partial charge in [-0.25, -0.2) is 0 Å². The quantitative estimate of drug-likeness (QED) is 0.828. The van der Waals surface area contributed by atoms with Crippen molar-refractivity contribution in [1.29, 1.82) is 0 Å². The van der Waals surface area contributed by atoms with Crippen LogP contribution in [0.25, 0.3) is 0 Å². The third-order valence-corrected chi connectivity index (χ3v) is 4.07. The van der Waals surface area contributed by atoms with Gasteiger partial charge in [0.15, 0.2) is 0 Å². The van der Waals surface area contributed by atoms with Crippen LogP contribution in [0, 0.1) is 13.8 Å². The molecular weight excluding hydrogens is 196 g/mol. The first-order chi connectivity index (χ1) is 7.68. The van der Waals surface area contributed by atoms with Crippen LogP contribution in [0.4, 0.5) is 0 Å². The van der Waals surface area contributed by atoms with E-state index < -0.39 is 0 Å². The molecule has 0 amide bonds. The molecule has 0 atom stereocenters. The van der Waals surface area contributed by atoms with Crippen LogP contribution in [-0.2, 0) is 13.6 Å². The molecule has 0 spiro atoms. The maximum Gasteiger partial charge on any atom is 0.0225 e. The molecule has 1 aliphatic carbocycles. The first-order valence-corrected chi connectivity index (χ1v) is 6.53. The Labute approximate surface area is 99.0 Å². The standard InChI is InChI=1S/C14H24N2/c1-11-9-13(12(2)16(11)3)10-15-14-7-5-4-6-8-14/h9,14-15H,4-8,10H2,1-3H3. The van der Waals surface area contributed by atoms with Crippen molar-refractivity contribution >= 4 is 0 Å². The van der Waals surface area contributed by atoms with Crippen molar-refractivity contribution in [3.05, 3.63) is 23.0 Å². The van der Waals surface area contributed by atoms with Gasteiger partial charge in [-0.1, -0.05) is 19.3 Å². The molecule has 0 radical (unpaired) electrons. The van der Waals surface area contributed by atoms with Gasteiger partial charge in [0.05, 0.1) is 0 Å². The van der Waals surface area contributed by atoms with Crippen molar-refractivity contribution in [3.63, 3.8) is 0 Å². The molecule has 2 nitrogen and oxygen atoms in total. The highest BCUT2D eigenvalue weighted by molar-refractivity contribution is 5.26. The zero-order valence-corrected chi connectivity index (χ0v) is 10.8. The van der Waals surface area contributed by atoms with Gasteiger partial charge in [-0.3, -0.25) is 0 Å². The number of rotatable bonds is 3. The summed E-state index contributed by atoms with van der Waals surface area (Å²) in [4.78, 5) is 0. The van der Waals surface area contributed by atoms with Crippen LogP contribution >= 0.6 is 0 Å². The lowest BCUT2D eigenvalue weighted by Gasteiger charge is -2.22. The van der Waals surface area contributed by atoms with Gasteiger partial charge in [-0.15, -0.1) is 0 Å². The Morgan fingerprint density at radius 1 is 1.25 bits per heavy atom. The van der Waals surface area contributed by atoms with E-state index in [2.05, 4.69) is 36.8 Å². The maximum atomic E-state index is 3.71. The Bertz CT molecular complexity index is 346. The fourth-order valence-corrected chi connectivity index (χ4v) is 2.67. The molecule has 1 aromatic heterocycles. The Balaban J connectivity index is 1.91. The molecule has 2 heteroatoms. The predicted octanol–water partition coefficient (Wildman–Crippen LogP) is 3.06. The number of nitrogens with one attached hydrogen (secondary N) is 1. The molecule has 1 saturated carbocycles. The molecule has 1 N–H and O–H groups in total. The number of hydrogen-bond acceptors (Lipinski definition) is 1. The molecule has 0 bridgehead atoms. The lowest BCUT2D eigenvalue weighted by Crippen LogP contribution is -2.30. The third kappa shape index (κ3) is 2.49. The molecule has 1 heterocycles. The van der Waals surface area contributed by atoms with E-state index in [1.807, 2.05) is 0 Å². The fraction of sp³-hybridized carbons (Fsp3) is 0.714. The Morgan fingerprint density at radius 2 is 1.94 bits per heavy atom. The summed E-state index contributed by atoms with van der Waals surface area (Å²) in [6, 6.07) is 3.07. The highest BCUT2D eigenvalue weighted by atomic mass is 15.0. The van der Waals surface area contributed by atoms with Gasteiger partial charge in [0.2, 0.25) is 0 Å². The normalized spacial score (nSPS) is 17.9. The summed E-state index contributed by atoms with van der Waals surface area (Å²) in [5, 5.41) is 3.71. The van der Waals surface area contributed by atoms with Crippen LogP contribution in [0.3, 0.4) is 0 Å². The highest BCUT2D eigenvalue weighted by Crippen LogP contribution is 2.19. The third-order valence-electron chi connectivity index (χ3n) is 4.07. The highest BCUT2D eigenvalue weighted by Gasteiger charge is 2.13. The number of aryl methyl sites for hydroxylation is 1. The average molecular weight is 220 g/mol. The molecule has 0 saturated heterocycles. The number of aromatic nitrogens is 1. The van der Waals surface area contributed by atoms with E-state index in [0.717, 1.165) is 12.6 Å². The van der Waals surface area contributed by atoms with Crippen molar-refractivity contribution in [1.82, 2.24) is 9.88 Å². The minimum Gasteiger partial charge on any atom is -0.352 e. The van der Waals surface area contributed by atoms with E-state index in [1.165, 1.54) is 49.1 Å². The van der Waals surface area contributed by atoms with E-state index >= 15 is 0 Å². The van der Waals surface area contributed by atoms with Crippen molar-refractivity contribution in [2.24, 2.45) is 7.05 Å². The molecule has 90 valence electrons. The van der Waals surface area contributed by atoms with Crippen LogP contribution in [0.2, 0.25) is 0 Å². The Kier molecular flexibility index (Phi) is 3.70. The minimum atomic E-state index is 0.758. The van der Waals surface area contributed by atoms with E-state index in [1.54, 1.807) is 0 Å². The summed E-state index contributed by atoms with van der Waals surface area (Å²) >= 11 is 0. The summed E-state index contributed by atoms with van der Waals surface area (Å²) in [6.07, 6.45) is 6.98. The van der Waals surface area contributed by atoms with Crippen LogP contribution < -0.4 is 5.32 Å².